The monoisotopic (exact) mass is 443 g/mol. The molecule has 0 aliphatic carbocycles. The fraction of sp³-hybridized carbons (Fsp3) is 0.286. The number of anilines is 2. The van der Waals surface area contributed by atoms with Gasteiger partial charge in [-0.1, -0.05) is 47.6 Å². The van der Waals surface area contributed by atoms with Crippen LogP contribution in [0.4, 0.5) is 11.6 Å². The maximum Gasteiger partial charge on any atom is 0.237 e. The quantitative estimate of drug-likeness (QED) is 0.583. The van der Waals surface area contributed by atoms with Crippen molar-refractivity contribution in [1.82, 2.24) is 14.8 Å². The first-order valence-electron chi connectivity index (χ1n) is 9.68. The van der Waals surface area contributed by atoms with Gasteiger partial charge in [-0.15, -0.1) is 10.2 Å². The van der Waals surface area contributed by atoms with Crippen molar-refractivity contribution in [3.63, 3.8) is 0 Å². The molecule has 2 aromatic carbocycles. The molecule has 0 saturated carbocycles. The van der Waals surface area contributed by atoms with E-state index in [1.807, 2.05) is 47.9 Å². The number of hydrogen-bond donors (Lipinski definition) is 1. The van der Waals surface area contributed by atoms with Crippen molar-refractivity contribution < 1.29 is 9.53 Å². The molecule has 1 fully saturated rings. The van der Waals surface area contributed by atoms with Crippen LogP contribution in [0.1, 0.15) is 6.92 Å². The molecule has 30 heavy (non-hydrogen) atoms. The summed E-state index contributed by atoms with van der Waals surface area (Å²) in [6.07, 6.45) is 0. The largest absolute Gasteiger partial charge is 0.378 e. The van der Waals surface area contributed by atoms with E-state index < -0.39 is 0 Å². The van der Waals surface area contributed by atoms with Gasteiger partial charge in [0.2, 0.25) is 11.9 Å². The van der Waals surface area contributed by atoms with Gasteiger partial charge in [0.1, 0.15) is 0 Å². The van der Waals surface area contributed by atoms with E-state index >= 15 is 0 Å². The Morgan fingerprint density at radius 3 is 2.63 bits per heavy atom. The van der Waals surface area contributed by atoms with Crippen molar-refractivity contribution in [2.75, 3.05) is 36.5 Å². The van der Waals surface area contributed by atoms with Crippen LogP contribution in [-0.2, 0) is 9.53 Å². The number of hydrogen-bond acceptors (Lipinski definition) is 6. The molecule has 1 unspecified atom stereocenters. The highest BCUT2D eigenvalue weighted by atomic mass is 35.5. The number of aromatic nitrogens is 3. The van der Waals surface area contributed by atoms with Gasteiger partial charge in [-0.05, 0) is 37.3 Å². The number of benzene rings is 2. The summed E-state index contributed by atoms with van der Waals surface area (Å²) in [6, 6.07) is 17.0. The smallest absolute Gasteiger partial charge is 0.237 e. The van der Waals surface area contributed by atoms with Crippen molar-refractivity contribution in [3.05, 3.63) is 59.6 Å². The first-order chi connectivity index (χ1) is 14.6. The van der Waals surface area contributed by atoms with Crippen LogP contribution in [0.5, 0.6) is 0 Å². The van der Waals surface area contributed by atoms with Crippen LogP contribution in [-0.4, -0.2) is 52.2 Å². The Morgan fingerprint density at radius 2 is 1.90 bits per heavy atom. The second-order valence-electron chi connectivity index (χ2n) is 6.81. The molecule has 1 N–H and O–H groups in total. The van der Waals surface area contributed by atoms with Gasteiger partial charge in [0.15, 0.2) is 5.16 Å². The minimum atomic E-state index is -0.381. The third-order valence-corrected chi connectivity index (χ3v) is 5.95. The normalized spacial score (nSPS) is 15.1. The molecular weight excluding hydrogens is 422 g/mol. The number of carbonyl (C=O) groups excluding carboxylic acids is 1. The highest BCUT2D eigenvalue weighted by Crippen LogP contribution is 2.30. The second-order valence-corrected chi connectivity index (χ2v) is 8.56. The second kappa shape index (κ2) is 9.51. The first-order valence-corrected chi connectivity index (χ1v) is 10.9. The average Bonchev–Trinajstić information content (AvgIpc) is 3.18. The van der Waals surface area contributed by atoms with Crippen LogP contribution in [0.2, 0.25) is 5.02 Å². The van der Waals surface area contributed by atoms with Crippen molar-refractivity contribution in [2.45, 2.75) is 17.3 Å². The van der Waals surface area contributed by atoms with Gasteiger partial charge in [0.05, 0.1) is 24.2 Å². The lowest BCUT2D eigenvalue weighted by molar-refractivity contribution is -0.115. The Morgan fingerprint density at radius 1 is 1.13 bits per heavy atom. The van der Waals surface area contributed by atoms with Gasteiger partial charge in [0.25, 0.3) is 0 Å². The number of ether oxygens (including phenoxy) is 1. The van der Waals surface area contributed by atoms with Crippen molar-refractivity contribution >= 4 is 40.9 Å². The molecule has 1 aliphatic rings. The number of amides is 1. The lowest BCUT2D eigenvalue weighted by Crippen LogP contribution is -2.37. The fourth-order valence-electron chi connectivity index (χ4n) is 3.13. The highest BCUT2D eigenvalue weighted by molar-refractivity contribution is 8.00. The number of halogens is 1. The standard InChI is InChI=1S/C21H22ClN5O2S/c1-15(19(28)23-17-7-5-6-16(22)14-17)30-21-25-24-20(26-10-12-29-13-11-26)27(21)18-8-3-2-4-9-18/h2-9,14-15H,10-13H2,1H3,(H,23,28). The molecule has 1 aliphatic heterocycles. The zero-order chi connectivity index (χ0) is 20.9. The van der Waals surface area contributed by atoms with Crippen molar-refractivity contribution in [1.29, 1.82) is 0 Å². The van der Waals surface area contributed by atoms with E-state index in [1.165, 1.54) is 11.8 Å². The van der Waals surface area contributed by atoms with Gasteiger partial charge >= 0.3 is 0 Å². The SMILES string of the molecule is CC(Sc1nnc(N2CCOCC2)n1-c1ccccc1)C(=O)Nc1cccc(Cl)c1. The van der Waals surface area contributed by atoms with Crippen LogP contribution < -0.4 is 10.2 Å². The number of morpholine rings is 1. The van der Waals surface area contributed by atoms with Crippen LogP contribution in [0.3, 0.4) is 0 Å². The Kier molecular flexibility index (Phi) is 6.56. The molecule has 0 spiro atoms. The highest BCUT2D eigenvalue weighted by Gasteiger charge is 2.24. The number of nitrogens with zero attached hydrogens (tertiary/aromatic N) is 4. The summed E-state index contributed by atoms with van der Waals surface area (Å²) < 4.78 is 7.47. The summed E-state index contributed by atoms with van der Waals surface area (Å²) in [5, 5.41) is 12.6. The predicted molar refractivity (Wildman–Crippen MR) is 120 cm³/mol. The molecule has 0 radical (unpaired) electrons. The van der Waals surface area contributed by atoms with Gasteiger partial charge < -0.3 is 15.0 Å². The molecular formula is C21H22ClN5O2S. The van der Waals surface area contributed by atoms with Gasteiger partial charge in [-0.3, -0.25) is 9.36 Å². The number of nitrogens with one attached hydrogen (secondary N) is 1. The molecule has 4 rings (SSSR count). The van der Waals surface area contributed by atoms with Gasteiger partial charge in [0, 0.05) is 23.8 Å². The molecule has 7 nitrogen and oxygen atoms in total. The molecule has 1 amide bonds. The van der Waals surface area contributed by atoms with Gasteiger partial charge in [-0.25, -0.2) is 0 Å². The van der Waals surface area contributed by atoms with E-state index in [4.69, 9.17) is 16.3 Å². The maximum atomic E-state index is 12.7. The number of rotatable bonds is 6. The minimum absolute atomic E-state index is 0.127. The van der Waals surface area contributed by atoms with Crippen molar-refractivity contribution in [3.8, 4) is 5.69 Å². The minimum Gasteiger partial charge on any atom is -0.378 e. The van der Waals surface area contributed by atoms with E-state index in [9.17, 15) is 4.79 Å². The molecule has 1 aromatic heterocycles. The third kappa shape index (κ3) is 4.77. The summed E-state index contributed by atoms with van der Waals surface area (Å²) in [4.78, 5) is 14.9. The third-order valence-electron chi connectivity index (χ3n) is 4.67. The first kappa shape index (κ1) is 20.7. The Bertz CT molecular complexity index is 1010. The van der Waals surface area contributed by atoms with E-state index in [1.54, 1.807) is 18.2 Å². The summed E-state index contributed by atoms with van der Waals surface area (Å²) in [7, 11) is 0. The van der Waals surface area contributed by atoms with Crippen LogP contribution in [0, 0.1) is 0 Å². The van der Waals surface area contributed by atoms with Crippen LogP contribution in [0.15, 0.2) is 59.8 Å². The number of thioether (sulfide) groups is 1. The molecule has 3 aromatic rings. The van der Waals surface area contributed by atoms with Crippen LogP contribution >= 0.6 is 23.4 Å². The Balaban J connectivity index is 1.57. The molecule has 0 bridgehead atoms. The topological polar surface area (TPSA) is 72.3 Å². The summed E-state index contributed by atoms with van der Waals surface area (Å²) in [5.74, 6) is 0.632. The zero-order valence-electron chi connectivity index (χ0n) is 16.5. The lowest BCUT2D eigenvalue weighted by atomic mass is 10.3. The number of para-hydroxylation sites is 1. The maximum absolute atomic E-state index is 12.7. The van der Waals surface area contributed by atoms with Crippen molar-refractivity contribution in [2.24, 2.45) is 0 Å². The zero-order valence-corrected chi connectivity index (χ0v) is 18.1. The molecule has 2 heterocycles. The van der Waals surface area contributed by atoms with Gasteiger partial charge in [-0.2, -0.15) is 0 Å². The predicted octanol–water partition coefficient (Wildman–Crippen LogP) is 3.88. The summed E-state index contributed by atoms with van der Waals surface area (Å²) in [6.45, 7) is 4.66. The summed E-state index contributed by atoms with van der Waals surface area (Å²) in [5.41, 5.74) is 1.62. The molecule has 9 heteroatoms. The average molecular weight is 444 g/mol. The van der Waals surface area contributed by atoms with E-state index in [0.29, 0.717) is 29.1 Å². The van der Waals surface area contributed by atoms with E-state index in [-0.39, 0.29) is 11.2 Å². The van der Waals surface area contributed by atoms with E-state index in [0.717, 1.165) is 24.7 Å². The molecule has 1 atom stereocenters. The number of carbonyl (C=O) groups is 1. The fourth-order valence-corrected chi connectivity index (χ4v) is 4.18. The Hall–Kier alpha value is -2.55. The Labute approximate surface area is 184 Å². The summed E-state index contributed by atoms with van der Waals surface area (Å²) >= 11 is 7.38. The lowest BCUT2D eigenvalue weighted by Gasteiger charge is -2.28. The van der Waals surface area contributed by atoms with E-state index in [2.05, 4.69) is 20.4 Å². The molecule has 1 saturated heterocycles. The van der Waals surface area contributed by atoms with Crippen LogP contribution in [0.25, 0.3) is 5.69 Å². The molecule has 156 valence electrons.